The molecule has 1 aliphatic rings. The minimum atomic E-state index is -0.579. The number of aromatic nitrogens is 2. The lowest BCUT2D eigenvalue weighted by atomic mass is 9.98. The van der Waals surface area contributed by atoms with Crippen LogP contribution in [0.4, 0.5) is 0 Å². The predicted molar refractivity (Wildman–Crippen MR) is 178 cm³/mol. The lowest BCUT2D eigenvalue weighted by Crippen LogP contribution is -2.32. The maximum atomic E-state index is 12.6. The molecule has 2 N–H and O–H groups in total. The number of aliphatic hydroxyl groups excluding tert-OH is 1. The smallest absolute Gasteiger partial charge is 0.251 e. The Morgan fingerprint density at radius 1 is 0.783 bits per heavy atom. The average Bonchev–Trinajstić information content (AvgIpc) is 3.53. The number of hydrogen-bond donors (Lipinski definition) is 2. The molecular formula is C39H35N3O4. The van der Waals surface area contributed by atoms with Crippen molar-refractivity contribution < 1.29 is 19.4 Å². The summed E-state index contributed by atoms with van der Waals surface area (Å²) in [5.74, 6) is -0.0987. The summed E-state index contributed by atoms with van der Waals surface area (Å²) in [5, 5.41) is 12.6. The number of fused-ring (bicyclic) bond motifs is 1. The number of amides is 1. The minimum absolute atomic E-state index is 0.00125. The molecule has 46 heavy (non-hydrogen) atoms. The first kappa shape index (κ1) is 29.6. The van der Waals surface area contributed by atoms with E-state index in [1.54, 1.807) is 0 Å². The molecule has 2 heterocycles. The molecule has 6 aromatic rings. The predicted octanol–water partition coefficient (Wildman–Crippen LogP) is 7.37. The number of nitrogens with one attached hydrogen (secondary N) is 1. The second kappa shape index (κ2) is 13.5. The highest BCUT2D eigenvalue weighted by Crippen LogP contribution is 2.39. The number of para-hydroxylation sites is 2. The number of aliphatic hydroxyl groups is 1. The summed E-state index contributed by atoms with van der Waals surface area (Å²) in [6, 6.07) is 41.8. The normalized spacial score (nSPS) is 18.0. The SMILES string of the molecule is O=C(NCc1cccc(-c2cccc([C@H]3O[C@@H](Cn4cnc5ccccc54)C[C@@H](c4ccc(CO)cc4)O3)c2)c1)c1ccccc1. The van der Waals surface area contributed by atoms with Gasteiger partial charge in [-0.3, -0.25) is 4.79 Å². The zero-order valence-corrected chi connectivity index (χ0v) is 25.3. The number of carbonyl (C=O) groups is 1. The van der Waals surface area contributed by atoms with E-state index in [2.05, 4.69) is 45.2 Å². The molecule has 1 aromatic heterocycles. The van der Waals surface area contributed by atoms with Crippen molar-refractivity contribution in [3.05, 3.63) is 162 Å². The monoisotopic (exact) mass is 609 g/mol. The van der Waals surface area contributed by atoms with Crippen molar-refractivity contribution in [1.29, 1.82) is 0 Å². The molecular weight excluding hydrogens is 574 g/mol. The highest BCUT2D eigenvalue weighted by atomic mass is 16.7. The third-order valence-electron chi connectivity index (χ3n) is 8.45. The van der Waals surface area contributed by atoms with Crippen LogP contribution in [0, 0.1) is 0 Å². The van der Waals surface area contributed by atoms with Crippen molar-refractivity contribution >= 4 is 16.9 Å². The topological polar surface area (TPSA) is 85.6 Å². The van der Waals surface area contributed by atoms with Crippen LogP contribution in [0.15, 0.2) is 134 Å². The van der Waals surface area contributed by atoms with Gasteiger partial charge in [0.1, 0.15) is 0 Å². The van der Waals surface area contributed by atoms with Gasteiger partial charge in [-0.15, -0.1) is 0 Å². The van der Waals surface area contributed by atoms with E-state index < -0.39 is 6.29 Å². The Hall–Kier alpha value is -5.08. The molecule has 0 spiro atoms. The van der Waals surface area contributed by atoms with Gasteiger partial charge in [0.05, 0.1) is 42.7 Å². The molecule has 0 unspecified atom stereocenters. The third kappa shape index (κ3) is 6.62. The highest BCUT2D eigenvalue weighted by molar-refractivity contribution is 5.94. The van der Waals surface area contributed by atoms with E-state index in [4.69, 9.17) is 9.47 Å². The number of carbonyl (C=O) groups excluding carboxylic acids is 1. The van der Waals surface area contributed by atoms with E-state index in [9.17, 15) is 9.90 Å². The fourth-order valence-electron chi connectivity index (χ4n) is 6.01. The van der Waals surface area contributed by atoms with Crippen LogP contribution in [0.25, 0.3) is 22.2 Å². The molecule has 0 saturated carbocycles. The third-order valence-corrected chi connectivity index (χ3v) is 8.45. The van der Waals surface area contributed by atoms with Gasteiger partial charge in [-0.1, -0.05) is 91.0 Å². The first-order valence-corrected chi connectivity index (χ1v) is 15.6. The molecule has 0 radical (unpaired) electrons. The summed E-state index contributed by atoms with van der Waals surface area (Å²) in [6.45, 7) is 1.07. The molecule has 7 nitrogen and oxygen atoms in total. The summed E-state index contributed by atoms with van der Waals surface area (Å²) >= 11 is 0. The van der Waals surface area contributed by atoms with Gasteiger partial charge in [-0.05, 0) is 64.2 Å². The zero-order chi connectivity index (χ0) is 31.3. The van der Waals surface area contributed by atoms with Crippen molar-refractivity contribution in [2.24, 2.45) is 0 Å². The van der Waals surface area contributed by atoms with Crippen LogP contribution in [0.3, 0.4) is 0 Å². The van der Waals surface area contributed by atoms with Crippen molar-refractivity contribution in [3.63, 3.8) is 0 Å². The molecule has 1 amide bonds. The number of rotatable bonds is 9. The van der Waals surface area contributed by atoms with Gasteiger partial charge in [0, 0.05) is 24.1 Å². The summed E-state index contributed by atoms with van der Waals surface area (Å²) in [4.78, 5) is 17.2. The van der Waals surface area contributed by atoms with E-state index in [-0.39, 0.29) is 24.7 Å². The largest absolute Gasteiger partial charge is 0.392 e. The summed E-state index contributed by atoms with van der Waals surface area (Å²) in [6.07, 6.45) is 1.66. The van der Waals surface area contributed by atoms with Crippen LogP contribution in [0.2, 0.25) is 0 Å². The molecule has 3 atom stereocenters. The lowest BCUT2D eigenvalue weighted by molar-refractivity contribution is -0.252. The van der Waals surface area contributed by atoms with Crippen LogP contribution in [0.5, 0.6) is 0 Å². The molecule has 1 aliphatic heterocycles. The van der Waals surface area contributed by atoms with Gasteiger partial charge >= 0.3 is 0 Å². The first-order valence-electron chi connectivity index (χ1n) is 15.6. The van der Waals surface area contributed by atoms with Crippen molar-refractivity contribution in [2.75, 3.05) is 0 Å². The van der Waals surface area contributed by atoms with E-state index in [1.807, 2.05) is 103 Å². The Morgan fingerprint density at radius 2 is 1.54 bits per heavy atom. The Bertz CT molecular complexity index is 1940. The molecule has 7 heteroatoms. The maximum Gasteiger partial charge on any atom is 0.251 e. The second-order valence-electron chi connectivity index (χ2n) is 11.6. The van der Waals surface area contributed by atoms with Gasteiger partial charge in [0.2, 0.25) is 0 Å². The summed E-state index contributed by atoms with van der Waals surface area (Å²) in [7, 11) is 0. The van der Waals surface area contributed by atoms with E-state index in [0.717, 1.165) is 44.4 Å². The second-order valence-corrected chi connectivity index (χ2v) is 11.6. The molecule has 0 aliphatic carbocycles. The Balaban J connectivity index is 1.13. The molecule has 1 fully saturated rings. The fourth-order valence-corrected chi connectivity index (χ4v) is 6.01. The van der Waals surface area contributed by atoms with Gasteiger partial charge in [-0.25, -0.2) is 4.98 Å². The van der Waals surface area contributed by atoms with Gasteiger partial charge in [0.25, 0.3) is 5.91 Å². The molecule has 0 bridgehead atoms. The van der Waals surface area contributed by atoms with Gasteiger partial charge < -0.3 is 24.5 Å². The van der Waals surface area contributed by atoms with Crippen LogP contribution >= 0.6 is 0 Å². The number of nitrogens with zero attached hydrogens (tertiary/aromatic N) is 2. The summed E-state index contributed by atoms with van der Waals surface area (Å²) < 4.78 is 15.4. The van der Waals surface area contributed by atoms with Crippen molar-refractivity contribution in [3.8, 4) is 11.1 Å². The average molecular weight is 610 g/mol. The van der Waals surface area contributed by atoms with Crippen LogP contribution in [-0.4, -0.2) is 26.7 Å². The van der Waals surface area contributed by atoms with E-state index in [0.29, 0.717) is 25.1 Å². The fraction of sp³-hybridized carbons (Fsp3) is 0.179. The Labute approximate surface area is 268 Å². The standard InChI is InChI=1S/C39H35N3O4/c43-25-27-16-18-29(19-17-27)37-22-34(24-42-26-41-35-14-4-5-15-36(35)42)45-39(46-37)33-13-7-12-32(21-33)31-11-6-8-28(20-31)23-40-38(44)30-9-2-1-3-10-30/h1-21,26,34,37,39,43H,22-25H2,(H,40,44)/t34-,37+,39+/m1/s1. The van der Waals surface area contributed by atoms with Crippen LogP contribution in [0.1, 0.15) is 51.4 Å². The first-order chi connectivity index (χ1) is 22.6. The molecule has 7 rings (SSSR count). The maximum absolute atomic E-state index is 12.6. The summed E-state index contributed by atoms with van der Waals surface area (Å²) in [5.41, 5.74) is 8.59. The van der Waals surface area contributed by atoms with E-state index in [1.165, 1.54) is 0 Å². The van der Waals surface area contributed by atoms with Crippen LogP contribution < -0.4 is 5.32 Å². The Morgan fingerprint density at radius 3 is 2.37 bits per heavy atom. The highest BCUT2D eigenvalue weighted by Gasteiger charge is 2.33. The lowest BCUT2D eigenvalue weighted by Gasteiger charge is -2.36. The number of benzene rings is 5. The zero-order valence-electron chi connectivity index (χ0n) is 25.3. The van der Waals surface area contributed by atoms with Crippen LogP contribution in [-0.2, 0) is 29.2 Å². The van der Waals surface area contributed by atoms with Crippen molar-refractivity contribution in [1.82, 2.24) is 14.9 Å². The minimum Gasteiger partial charge on any atom is -0.392 e. The molecule has 230 valence electrons. The number of imidazole rings is 1. The van der Waals surface area contributed by atoms with Gasteiger partial charge in [0.15, 0.2) is 6.29 Å². The number of hydrogen-bond acceptors (Lipinski definition) is 5. The Kier molecular flexibility index (Phi) is 8.69. The number of ether oxygens (including phenoxy) is 2. The molecule has 1 saturated heterocycles. The quantitative estimate of drug-likeness (QED) is 0.179. The van der Waals surface area contributed by atoms with E-state index >= 15 is 0 Å². The van der Waals surface area contributed by atoms with Crippen molar-refractivity contribution in [2.45, 2.75) is 44.6 Å². The molecule has 5 aromatic carbocycles. The van der Waals surface area contributed by atoms with Gasteiger partial charge in [-0.2, -0.15) is 0 Å².